The van der Waals surface area contributed by atoms with Crippen LogP contribution in [0.1, 0.15) is 25.3 Å². The van der Waals surface area contributed by atoms with Crippen molar-refractivity contribution in [1.82, 2.24) is 9.62 Å². The van der Waals surface area contributed by atoms with Crippen LogP contribution in [0, 0.1) is 0 Å². The van der Waals surface area contributed by atoms with Crippen LogP contribution in [0.3, 0.4) is 0 Å². The van der Waals surface area contributed by atoms with E-state index in [1.54, 1.807) is 24.3 Å². The molecule has 1 amide bonds. The number of sulfonamides is 1. The molecular weight excluding hydrogens is 386 g/mol. The molecule has 0 bridgehead atoms. The topological polar surface area (TPSA) is 69.7 Å². The number of anilines is 1. The van der Waals surface area contributed by atoms with Gasteiger partial charge in [0.1, 0.15) is 0 Å². The van der Waals surface area contributed by atoms with E-state index in [1.165, 1.54) is 5.69 Å². The Morgan fingerprint density at radius 1 is 0.966 bits per heavy atom. The minimum atomic E-state index is -3.45. The van der Waals surface area contributed by atoms with Crippen molar-refractivity contribution >= 4 is 21.6 Å². The highest BCUT2D eigenvalue weighted by Crippen LogP contribution is 2.17. The Morgan fingerprint density at radius 2 is 1.62 bits per heavy atom. The molecule has 0 saturated carbocycles. The molecule has 0 atom stereocenters. The first kappa shape index (κ1) is 21.3. The average molecular weight is 416 g/mol. The number of amides is 1. The molecule has 1 fully saturated rings. The van der Waals surface area contributed by atoms with Gasteiger partial charge in [-0.25, -0.2) is 13.1 Å². The summed E-state index contributed by atoms with van der Waals surface area (Å²) in [5.74, 6) is 0.152. The Labute approximate surface area is 173 Å². The molecule has 1 aliphatic heterocycles. The second-order valence-corrected chi connectivity index (χ2v) is 9.01. The van der Waals surface area contributed by atoms with Gasteiger partial charge in [0.15, 0.2) is 0 Å². The molecule has 0 unspecified atom stereocenters. The molecule has 1 N–H and O–H groups in total. The Kier molecular flexibility index (Phi) is 7.28. The van der Waals surface area contributed by atoms with Crippen LogP contribution < -0.4 is 9.62 Å². The average Bonchev–Trinajstić information content (AvgIpc) is 2.77. The molecule has 1 heterocycles. The van der Waals surface area contributed by atoms with E-state index in [1.807, 2.05) is 30.0 Å². The van der Waals surface area contributed by atoms with E-state index in [2.05, 4.69) is 21.8 Å². The molecule has 156 valence electrons. The van der Waals surface area contributed by atoms with Crippen molar-refractivity contribution in [3.05, 3.63) is 60.2 Å². The quantitative estimate of drug-likeness (QED) is 0.720. The number of carbonyl (C=O) groups excluding carboxylic acids is 1. The lowest BCUT2D eigenvalue weighted by Crippen LogP contribution is -2.48. The molecule has 29 heavy (non-hydrogen) atoms. The normalized spacial score (nSPS) is 14.8. The van der Waals surface area contributed by atoms with Gasteiger partial charge in [0.05, 0.1) is 4.90 Å². The number of rotatable bonds is 8. The van der Waals surface area contributed by atoms with Gasteiger partial charge in [-0.1, -0.05) is 37.3 Å². The van der Waals surface area contributed by atoms with Gasteiger partial charge in [-0.2, -0.15) is 0 Å². The zero-order valence-electron chi connectivity index (χ0n) is 16.9. The smallest absolute Gasteiger partial charge is 0.240 e. The number of nitrogens with one attached hydrogen (secondary N) is 1. The molecule has 1 saturated heterocycles. The molecule has 0 aliphatic carbocycles. The van der Waals surface area contributed by atoms with Gasteiger partial charge in [-0.05, 0) is 42.7 Å². The van der Waals surface area contributed by atoms with E-state index in [4.69, 9.17) is 0 Å². The molecule has 2 aromatic carbocycles. The minimum Gasteiger partial charge on any atom is -0.368 e. The fourth-order valence-corrected chi connectivity index (χ4v) is 4.55. The highest BCUT2D eigenvalue weighted by Gasteiger charge is 2.21. The highest BCUT2D eigenvalue weighted by atomic mass is 32.2. The van der Waals surface area contributed by atoms with E-state index in [-0.39, 0.29) is 10.8 Å². The van der Waals surface area contributed by atoms with Gasteiger partial charge < -0.3 is 9.80 Å². The monoisotopic (exact) mass is 415 g/mol. The van der Waals surface area contributed by atoms with Crippen molar-refractivity contribution in [3.8, 4) is 0 Å². The van der Waals surface area contributed by atoms with Crippen LogP contribution in [0.4, 0.5) is 5.69 Å². The summed E-state index contributed by atoms with van der Waals surface area (Å²) in [4.78, 5) is 17.0. The lowest BCUT2D eigenvalue weighted by atomic mass is 10.1. The third-order valence-corrected chi connectivity index (χ3v) is 6.63. The predicted molar refractivity (Wildman–Crippen MR) is 115 cm³/mol. The molecule has 0 radical (unpaired) electrons. The maximum atomic E-state index is 12.6. The van der Waals surface area contributed by atoms with Crippen molar-refractivity contribution in [1.29, 1.82) is 0 Å². The highest BCUT2D eigenvalue weighted by molar-refractivity contribution is 7.89. The van der Waals surface area contributed by atoms with Crippen LogP contribution >= 0.6 is 0 Å². The van der Waals surface area contributed by atoms with Gasteiger partial charge in [-0.15, -0.1) is 0 Å². The summed E-state index contributed by atoms with van der Waals surface area (Å²) in [5, 5.41) is 0. The van der Waals surface area contributed by atoms with Crippen LogP contribution in [0.25, 0.3) is 0 Å². The Bertz CT molecular complexity index is 891. The molecule has 0 aromatic heterocycles. The van der Waals surface area contributed by atoms with Crippen LogP contribution in [0.2, 0.25) is 0 Å². The van der Waals surface area contributed by atoms with Gasteiger partial charge in [0.2, 0.25) is 15.9 Å². The first-order valence-electron chi connectivity index (χ1n) is 10.2. The lowest BCUT2D eigenvalue weighted by Gasteiger charge is -2.36. The fraction of sp³-hybridized carbons (Fsp3) is 0.409. The van der Waals surface area contributed by atoms with Gasteiger partial charge in [0.25, 0.3) is 0 Å². The van der Waals surface area contributed by atoms with Crippen molar-refractivity contribution in [2.45, 2.75) is 31.1 Å². The Hall–Kier alpha value is -2.38. The summed E-state index contributed by atoms with van der Waals surface area (Å²) in [5.41, 5.74) is 2.17. The van der Waals surface area contributed by atoms with Crippen molar-refractivity contribution < 1.29 is 13.2 Å². The van der Waals surface area contributed by atoms with Crippen molar-refractivity contribution in [2.24, 2.45) is 0 Å². The number of piperazine rings is 1. The summed E-state index contributed by atoms with van der Waals surface area (Å²) >= 11 is 0. The first-order valence-corrected chi connectivity index (χ1v) is 11.6. The number of benzene rings is 2. The maximum absolute atomic E-state index is 12.6. The zero-order valence-corrected chi connectivity index (χ0v) is 17.7. The number of carbonyl (C=O) groups is 1. The van der Waals surface area contributed by atoms with E-state index in [9.17, 15) is 13.2 Å². The van der Waals surface area contributed by atoms with Crippen LogP contribution in [0.5, 0.6) is 0 Å². The van der Waals surface area contributed by atoms with Crippen LogP contribution in [0.15, 0.2) is 59.5 Å². The lowest BCUT2D eigenvalue weighted by molar-refractivity contribution is -0.131. The molecule has 2 aromatic rings. The Morgan fingerprint density at radius 3 is 2.24 bits per heavy atom. The number of hydrogen-bond acceptors (Lipinski definition) is 4. The maximum Gasteiger partial charge on any atom is 0.240 e. The van der Waals surface area contributed by atoms with E-state index >= 15 is 0 Å². The second kappa shape index (κ2) is 9.89. The van der Waals surface area contributed by atoms with Crippen molar-refractivity contribution in [2.75, 3.05) is 37.6 Å². The Balaban J connectivity index is 1.47. The standard InChI is InChI=1S/C22H29N3O3S/c1-2-14-23-29(27,28)21-11-8-19(9-12-21)10-13-22(26)25-17-15-24(16-18-25)20-6-4-3-5-7-20/h3-9,11-12,23H,2,10,13-18H2,1H3. The van der Waals surface area contributed by atoms with Gasteiger partial charge >= 0.3 is 0 Å². The second-order valence-electron chi connectivity index (χ2n) is 7.25. The van der Waals surface area contributed by atoms with E-state index < -0.39 is 10.0 Å². The summed E-state index contributed by atoms with van der Waals surface area (Å²) in [6.07, 6.45) is 1.80. The van der Waals surface area contributed by atoms with Crippen LogP contribution in [-0.4, -0.2) is 51.9 Å². The number of aryl methyl sites for hydroxylation is 1. The number of hydrogen-bond donors (Lipinski definition) is 1. The fourth-order valence-electron chi connectivity index (χ4n) is 3.42. The molecule has 3 rings (SSSR count). The third-order valence-electron chi connectivity index (χ3n) is 5.16. The van der Waals surface area contributed by atoms with Crippen LogP contribution in [-0.2, 0) is 21.2 Å². The largest absolute Gasteiger partial charge is 0.368 e. The number of para-hydroxylation sites is 1. The molecule has 6 nitrogen and oxygen atoms in total. The van der Waals surface area contributed by atoms with Crippen molar-refractivity contribution in [3.63, 3.8) is 0 Å². The summed E-state index contributed by atoms with van der Waals surface area (Å²) in [6, 6.07) is 17.1. The van der Waals surface area contributed by atoms with E-state index in [0.717, 1.165) is 38.2 Å². The predicted octanol–water partition coefficient (Wildman–Crippen LogP) is 2.66. The molecule has 7 heteroatoms. The first-order chi connectivity index (χ1) is 14.0. The zero-order chi connectivity index (χ0) is 20.7. The van der Waals surface area contributed by atoms with Gasteiger partial charge in [0, 0.05) is 44.8 Å². The third kappa shape index (κ3) is 5.81. The summed E-state index contributed by atoms with van der Waals surface area (Å²) in [7, 11) is -3.45. The molecular formula is C22H29N3O3S. The molecule has 0 spiro atoms. The minimum absolute atomic E-state index is 0.152. The summed E-state index contributed by atoms with van der Waals surface area (Å²) < 4.78 is 26.8. The summed E-state index contributed by atoms with van der Waals surface area (Å²) in [6.45, 7) is 5.49. The van der Waals surface area contributed by atoms with Gasteiger partial charge in [-0.3, -0.25) is 4.79 Å². The molecule has 1 aliphatic rings. The van der Waals surface area contributed by atoms with E-state index in [0.29, 0.717) is 19.4 Å². The number of nitrogens with zero attached hydrogens (tertiary/aromatic N) is 2. The SMILES string of the molecule is CCCNS(=O)(=O)c1ccc(CCC(=O)N2CCN(c3ccccc3)CC2)cc1.